The Bertz CT molecular complexity index is 586. The van der Waals surface area contributed by atoms with Gasteiger partial charge in [0.15, 0.2) is 0 Å². The summed E-state index contributed by atoms with van der Waals surface area (Å²) in [6.07, 6.45) is 1.89. The van der Waals surface area contributed by atoms with Crippen LogP contribution in [0.15, 0.2) is 46.9 Å². The molecular formula is C18H21BrFNO. The molecule has 0 aromatic heterocycles. The fourth-order valence-electron chi connectivity index (χ4n) is 2.10. The van der Waals surface area contributed by atoms with E-state index >= 15 is 0 Å². The molecule has 0 spiro atoms. The van der Waals surface area contributed by atoms with Gasteiger partial charge in [-0.3, -0.25) is 0 Å². The summed E-state index contributed by atoms with van der Waals surface area (Å²) in [6, 6.07) is 12.8. The Labute approximate surface area is 139 Å². The minimum absolute atomic E-state index is 0.188. The molecule has 0 radical (unpaired) electrons. The van der Waals surface area contributed by atoms with Gasteiger partial charge >= 0.3 is 0 Å². The maximum Gasteiger partial charge on any atom is 0.133 e. The molecule has 0 fully saturated rings. The van der Waals surface area contributed by atoms with Gasteiger partial charge in [-0.2, -0.15) is 0 Å². The summed E-state index contributed by atoms with van der Waals surface area (Å²) < 4.78 is 19.4. The molecule has 0 bridgehead atoms. The van der Waals surface area contributed by atoms with E-state index in [-0.39, 0.29) is 5.82 Å². The topological polar surface area (TPSA) is 21.3 Å². The average molecular weight is 366 g/mol. The molecule has 22 heavy (non-hydrogen) atoms. The molecule has 1 N–H and O–H groups in total. The molecule has 2 nitrogen and oxygen atoms in total. The molecule has 0 unspecified atom stereocenters. The number of hydrogen-bond donors (Lipinski definition) is 1. The summed E-state index contributed by atoms with van der Waals surface area (Å²) in [5, 5.41) is 3.40. The Morgan fingerprint density at radius 3 is 2.50 bits per heavy atom. The number of halogens is 2. The molecule has 0 saturated heterocycles. The SMILES string of the molecule is CCCOc1ccc(CNCCc2ccc(F)cc2)cc1Br. The number of hydrogen-bond acceptors (Lipinski definition) is 2. The van der Waals surface area contributed by atoms with E-state index in [4.69, 9.17) is 4.74 Å². The van der Waals surface area contributed by atoms with E-state index in [0.29, 0.717) is 0 Å². The summed E-state index contributed by atoms with van der Waals surface area (Å²) in [5.41, 5.74) is 2.34. The first-order valence-electron chi connectivity index (χ1n) is 7.55. The third kappa shape index (κ3) is 5.43. The Kier molecular flexibility index (Phi) is 6.87. The number of ether oxygens (including phenoxy) is 1. The summed E-state index contributed by atoms with van der Waals surface area (Å²) >= 11 is 3.54. The second-order valence-corrected chi connectivity index (χ2v) is 6.02. The molecule has 0 saturated carbocycles. The van der Waals surface area contributed by atoms with Crippen molar-refractivity contribution in [3.05, 3.63) is 63.9 Å². The van der Waals surface area contributed by atoms with Crippen molar-refractivity contribution < 1.29 is 9.13 Å². The van der Waals surface area contributed by atoms with Crippen molar-refractivity contribution in [3.8, 4) is 5.75 Å². The fourth-order valence-corrected chi connectivity index (χ4v) is 2.64. The molecule has 118 valence electrons. The van der Waals surface area contributed by atoms with Gasteiger partial charge in [0.25, 0.3) is 0 Å². The second kappa shape index (κ2) is 8.91. The largest absolute Gasteiger partial charge is 0.492 e. The third-order valence-electron chi connectivity index (χ3n) is 3.29. The molecule has 0 aliphatic carbocycles. The smallest absolute Gasteiger partial charge is 0.133 e. The highest BCUT2D eigenvalue weighted by Gasteiger charge is 2.02. The highest BCUT2D eigenvalue weighted by Crippen LogP contribution is 2.26. The molecule has 0 amide bonds. The van der Waals surface area contributed by atoms with Crippen LogP contribution in [0.25, 0.3) is 0 Å². The molecule has 4 heteroatoms. The Morgan fingerprint density at radius 2 is 1.82 bits per heavy atom. The van der Waals surface area contributed by atoms with E-state index < -0.39 is 0 Å². The van der Waals surface area contributed by atoms with Crippen LogP contribution in [0.5, 0.6) is 5.75 Å². The standard InChI is InChI=1S/C18H21BrFNO/c1-2-11-22-18-8-5-15(12-17(18)19)13-21-10-9-14-3-6-16(20)7-4-14/h3-8,12,21H,2,9-11,13H2,1H3. The van der Waals surface area contributed by atoms with Gasteiger partial charge in [0.2, 0.25) is 0 Å². The van der Waals surface area contributed by atoms with Gasteiger partial charge < -0.3 is 10.1 Å². The first-order valence-corrected chi connectivity index (χ1v) is 8.34. The van der Waals surface area contributed by atoms with E-state index in [1.54, 1.807) is 0 Å². The van der Waals surface area contributed by atoms with E-state index in [1.807, 2.05) is 18.2 Å². The van der Waals surface area contributed by atoms with Crippen LogP contribution in [-0.4, -0.2) is 13.2 Å². The predicted molar refractivity (Wildman–Crippen MR) is 91.7 cm³/mol. The van der Waals surface area contributed by atoms with Gasteiger partial charge in [-0.25, -0.2) is 4.39 Å². The molecule has 0 atom stereocenters. The van der Waals surface area contributed by atoms with Crippen molar-refractivity contribution in [1.29, 1.82) is 0 Å². The number of rotatable bonds is 8. The van der Waals surface area contributed by atoms with E-state index in [9.17, 15) is 4.39 Å². The second-order valence-electron chi connectivity index (χ2n) is 5.17. The van der Waals surface area contributed by atoms with Crippen LogP contribution in [0.4, 0.5) is 4.39 Å². The lowest BCUT2D eigenvalue weighted by Crippen LogP contribution is -2.16. The Morgan fingerprint density at radius 1 is 1.09 bits per heavy atom. The summed E-state index contributed by atoms with van der Waals surface area (Å²) in [5.74, 6) is 0.698. The molecule has 2 rings (SSSR count). The van der Waals surface area contributed by atoms with Crippen molar-refractivity contribution in [2.45, 2.75) is 26.3 Å². The van der Waals surface area contributed by atoms with Gasteiger partial charge in [-0.15, -0.1) is 0 Å². The first kappa shape index (κ1) is 17.0. The minimum Gasteiger partial charge on any atom is -0.492 e. The van der Waals surface area contributed by atoms with Crippen molar-refractivity contribution >= 4 is 15.9 Å². The van der Waals surface area contributed by atoms with E-state index in [1.165, 1.54) is 17.7 Å². The van der Waals surface area contributed by atoms with Crippen LogP contribution in [0.2, 0.25) is 0 Å². The van der Waals surface area contributed by atoms with Gasteiger partial charge in [-0.05, 0) is 70.7 Å². The van der Waals surface area contributed by atoms with Gasteiger partial charge in [0, 0.05) is 6.54 Å². The summed E-state index contributed by atoms with van der Waals surface area (Å²) in [7, 11) is 0. The first-order chi connectivity index (χ1) is 10.7. The van der Waals surface area contributed by atoms with Gasteiger partial charge in [0.05, 0.1) is 11.1 Å². The molecule has 2 aromatic carbocycles. The quantitative estimate of drug-likeness (QED) is 0.684. The lowest BCUT2D eigenvalue weighted by molar-refractivity contribution is 0.315. The van der Waals surface area contributed by atoms with Crippen molar-refractivity contribution in [3.63, 3.8) is 0 Å². The lowest BCUT2D eigenvalue weighted by Gasteiger charge is -2.10. The zero-order chi connectivity index (χ0) is 15.8. The summed E-state index contributed by atoms with van der Waals surface area (Å²) in [4.78, 5) is 0. The maximum absolute atomic E-state index is 12.8. The van der Waals surface area contributed by atoms with Crippen LogP contribution in [0.1, 0.15) is 24.5 Å². The van der Waals surface area contributed by atoms with Crippen molar-refractivity contribution in [2.75, 3.05) is 13.2 Å². The minimum atomic E-state index is -0.188. The zero-order valence-electron chi connectivity index (χ0n) is 12.7. The monoisotopic (exact) mass is 365 g/mol. The van der Waals surface area contributed by atoms with Crippen molar-refractivity contribution in [2.24, 2.45) is 0 Å². The van der Waals surface area contributed by atoms with Crippen LogP contribution >= 0.6 is 15.9 Å². The molecular weight excluding hydrogens is 345 g/mol. The van der Waals surface area contributed by atoms with Crippen LogP contribution in [-0.2, 0) is 13.0 Å². The lowest BCUT2D eigenvalue weighted by atomic mass is 10.1. The van der Waals surface area contributed by atoms with Gasteiger partial charge in [0.1, 0.15) is 11.6 Å². The normalized spacial score (nSPS) is 10.7. The van der Waals surface area contributed by atoms with E-state index in [2.05, 4.69) is 40.3 Å². The Hall–Kier alpha value is -1.39. The van der Waals surface area contributed by atoms with Gasteiger partial charge in [-0.1, -0.05) is 25.1 Å². The molecule has 0 aliphatic rings. The van der Waals surface area contributed by atoms with Crippen molar-refractivity contribution in [1.82, 2.24) is 5.32 Å². The highest BCUT2D eigenvalue weighted by molar-refractivity contribution is 9.10. The maximum atomic E-state index is 12.8. The molecule has 2 aromatic rings. The third-order valence-corrected chi connectivity index (χ3v) is 3.91. The predicted octanol–water partition coefficient (Wildman–Crippen LogP) is 4.71. The number of benzene rings is 2. The fraction of sp³-hybridized carbons (Fsp3) is 0.333. The molecule has 0 heterocycles. The van der Waals surface area contributed by atoms with E-state index in [0.717, 1.165) is 48.3 Å². The average Bonchev–Trinajstić information content (AvgIpc) is 2.52. The number of nitrogens with one attached hydrogen (secondary N) is 1. The zero-order valence-corrected chi connectivity index (χ0v) is 14.3. The van der Waals surface area contributed by atoms with Crippen LogP contribution in [0, 0.1) is 5.82 Å². The van der Waals surface area contributed by atoms with Crippen LogP contribution < -0.4 is 10.1 Å². The Balaban J connectivity index is 1.77. The van der Waals surface area contributed by atoms with Crippen LogP contribution in [0.3, 0.4) is 0 Å². The molecule has 0 aliphatic heterocycles. The highest BCUT2D eigenvalue weighted by atomic mass is 79.9. The summed E-state index contributed by atoms with van der Waals surface area (Å²) in [6.45, 7) is 4.48.